The van der Waals surface area contributed by atoms with Gasteiger partial charge < -0.3 is 10.6 Å². The van der Waals surface area contributed by atoms with E-state index in [1.54, 1.807) is 11.8 Å². The van der Waals surface area contributed by atoms with Crippen molar-refractivity contribution in [2.24, 2.45) is 5.73 Å². The Morgan fingerprint density at radius 2 is 1.73 bits per heavy atom. The first kappa shape index (κ1) is 21.4. The van der Waals surface area contributed by atoms with E-state index in [9.17, 15) is 4.79 Å². The quantitative estimate of drug-likeness (QED) is 0.671. The highest BCUT2D eigenvalue weighted by molar-refractivity contribution is 7.98. The van der Waals surface area contributed by atoms with E-state index in [0.29, 0.717) is 15.8 Å². The van der Waals surface area contributed by atoms with Crippen molar-refractivity contribution >= 4 is 53.3 Å². The molecule has 0 radical (unpaired) electrons. The minimum absolute atomic E-state index is 0. The fraction of sp³-hybridized carbons (Fsp3) is 0.316. The number of piperidine rings is 1. The molecule has 3 rings (SSSR count). The smallest absolute Gasteiger partial charge is 0.253 e. The van der Waals surface area contributed by atoms with Crippen LogP contribution < -0.4 is 5.73 Å². The van der Waals surface area contributed by atoms with Crippen molar-refractivity contribution in [3.05, 3.63) is 63.6 Å². The molecule has 3 nitrogen and oxygen atoms in total. The van der Waals surface area contributed by atoms with Crippen LogP contribution in [-0.4, -0.2) is 29.9 Å². The Balaban J connectivity index is 0.00000243. The number of likely N-dealkylation sites (tertiary alicyclic amines) is 1. The average molecular weight is 432 g/mol. The van der Waals surface area contributed by atoms with Gasteiger partial charge in [-0.3, -0.25) is 4.79 Å². The van der Waals surface area contributed by atoms with E-state index in [2.05, 4.69) is 0 Å². The third-order valence-corrected chi connectivity index (χ3v) is 6.36. The first-order valence-corrected chi connectivity index (χ1v) is 9.99. The summed E-state index contributed by atoms with van der Waals surface area (Å²) in [5.41, 5.74) is 7.71. The monoisotopic (exact) mass is 430 g/mol. The van der Waals surface area contributed by atoms with Crippen molar-refractivity contribution in [2.45, 2.75) is 29.5 Å². The minimum atomic E-state index is 0. The Bertz CT molecular complexity index is 744. The Morgan fingerprint density at radius 1 is 1.12 bits per heavy atom. The second-order valence-corrected chi connectivity index (χ2v) is 7.97. The van der Waals surface area contributed by atoms with Gasteiger partial charge in [0.1, 0.15) is 0 Å². The lowest BCUT2D eigenvalue weighted by molar-refractivity contribution is 0.0714. The summed E-state index contributed by atoms with van der Waals surface area (Å²) in [6.45, 7) is 1.46. The van der Waals surface area contributed by atoms with E-state index in [0.717, 1.165) is 42.0 Å². The van der Waals surface area contributed by atoms with Crippen molar-refractivity contribution in [1.29, 1.82) is 0 Å². The van der Waals surface area contributed by atoms with E-state index < -0.39 is 0 Å². The standard InChI is InChI=1S/C19H20Cl2N2OS.ClH/c20-16-5-2-6-17(21)18(16)25-12-13-3-1-4-14(11-13)19(24)23-9-7-15(22)8-10-23;/h1-6,11,15H,7-10,12,22H2;1H. The normalized spacial score (nSPS) is 14.8. The molecule has 26 heavy (non-hydrogen) atoms. The molecule has 0 aliphatic carbocycles. The summed E-state index contributed by atoms with van der Waals surface area (Å²) in [4.78, 5) is 15.4. The van der Waals surface area contributed by atoms with E-state index in [1.165, 1.54) is 0 Å². The van der Waals surface area contributed by atoms with Gasteiger partial charge in [-0.05, 0) is 42.7 Å². The van der Waals surface area contributed by atoms with Crippen molar-refractivity contribution in [3.8, 4) is 0 Å². The molecular weight excluding hydrogens is 411 g/mol. The van der Waals surface area contributed by atoms with Crippen LogP contribution in [0.2, 0.25) is 10.0 Å². The molecule has 0 atom stereocenters. The molecule has 1 aliphatic heterocycles. The Kier molecular flexibility index (Phi) is 8.11. The first-order chi connectivity index (χ1) is 12.0. The molecule has 0 unspecified atom stereocenters. The van der Waals surface area contributed by atoms with Gasteiger partial charge in [0.2, 0.25) is 0 Å². The Hall–Kier alpha value is -0.910. The molecule has 1 saturated heterocycles. The largest absolute Gasteiger partial charge is 0.339 e. The number of amides is 1. The summed E-state index contributed by atoms with van der Waals surface area (Å²) in [6, 6.07) is 13.5. The fourth-order valence-corrected chi connectivity index (χ4v) is 4.48. The molecular formula is C19H21Cl3N2OS. The fourth-order valence-electron chi connectivity index (χ4n) is 2.86. The highest BCUT2D eigenvalue weighted by Gasteiger charge is 2.21. The highest BCUT2D eigenvalue weighted by atomic mass is 35.5. The van der Waals surface area contributed by atoms with Gasteiger partial charge in [-0.1, -0.05) is 41.4 Å². The molecule has 1 heterocycles. The minimum Gasteiger partial charge on any atom is -0.339 e. The second-order valence-electron chi connectivity index (χ2n) is 6.17. The van der Waals surface area contributed by atoms with E-state index >= 15 is 0 Å². The summed E-state index contributed by atoms with van der Waals surface area (Å²) in [6.07, 6.45) is 1.73. The van der Waals surface area contributed by atoms with Crippen LogP contribution in [0, 0.1) is 0 Å². The van der Waals surface area contributed by atoms with Gasteiger partial charge in [0, 0.05) is 35.3 Å². The molecule has 2 aromatic carbocycles. The van der Waals surface area contributed by atoms with Gasteiger partial charge >= 0.3 is 0 Å². The average Bonchev–Trinajstić information content (AvgIpc) is 2.62. The van der Waals surface area contributed by atoms with Crippen LogP contribution in [0.25, 0.3) is 0 Å². The predicted octanol–water partition coefficient (Wildman–Crippen LogP) is 5.27. The Morgan fingerprint density at radius 3 is 2.38 bits per heavy atom. The zero-order valence-corrected chi connectivity index (χ0v) is 17.3. The van der Waals surface area contributed by atoms with E-state index in [4.69, 9.17) is 28.9 Å². The summed E-state index contributed by atoms with van der Waals surface area (Å²) in [5.74, 6) is 0.782. The number of nitrogens with two attached hydrogens (primary N) is 1. The lowest BCUT2D eigenvalue weighted by atomic mass is 10.0. The van der Waals surface area contributed by atoms with Crippen LogP contribution in [-0.2, 0) is 5.75 Å². The molecule has 1 aliphatic rings. The number of nitrogens with zero attached hydrogens (tertiary/aromatic N) is 1. The van der Waals surface area contributed by atoms with Gasteiger partial charge in [0.25, 0.3) is 5.91 Å². The number of halogens is 3. The number of hydrogen-bond donors (Lipinski definition) is 1. The Labute approximate surface area is 174 Å². The maximum Gasteiger partial charge on any atom is 0.253 e. The van der Waals surface area contributed by atoms with Gasteiger partial charge in [0.15, 0.2) is 0 Å². The molecule has 1 fully saturated rings. The van der Waals surface area contributed by atoms with Crippen LogP contribution in [0.15, 0.2) is 47.4 Å². The van der Waals surface area contributed by atoms with Gasteiger partial charge in [0.05, 0.1) is 10.0 Å². The van der Waals surface area contributed by atoms with Crippen molar-refractivity contribution in [3.63, 3.8) is 0 Å². The van der Waals surface area contributed by atoms with E-state index in [-0.39, 0.29) is 24.4 Å². The maximum absolute atomic E-state index is 12.7. The summed E-state index contributed by atoms with van der Waals surface area (Å²) in [7, 11) is 0. The third kappa shape index (κ3) is 5.30. The van der Waals surface area contributed by atoms with Crippen LogP contribution >= 0.6 is 47.4 Å². The molecule has 2 aromatic rings. The molecule has 2 N–H and O–H groups in total. The van der Waals surface area contributed by atoms with Crippen LogP contribution in [0.3, 0.4) is 0 Å². The molecule has 0 aromatic heterocycles. The van der Waals surface area contributed by atoms with Crippen LogP contribution in [0.1, 0.15) is 28.8 Å². The van der Waals surface area contributed by atoms with Crippen molar-refractivity contribution < 1.29 is 4.79 Å². The lowest BCUT2D eigenvalue weighted by Gasteiger charge is -2.30. The molecule has 7 heteroatoms. The molecule has 0 saturated carbocycles. The van der Waals surface area contributed by atoms with Crippen LogP contribution in [0.4, 0.5) is 0 Å². The third-order valence-electron chi connectivity index (χ3n) is 4.30. The number of thioether (sulfide) groups is 1. The maximum atomic E-state index is 12.7. The molecule has 140 valence electrons. The molecule has 0 bridgehead atoms. The van der Waals surface area contributed by atoms with Crippen molar-refractivity contribution in [2.75, 3.05) is 13.1 Å². The summed E-state index contributed by atoms with van der Waals surface area (Å²) >= 11 is 14.0. The second kappa shape index (κ2) is 9.86. The number of carbonyl (C=O) groups is 1. The van der Waals surface area contributed by atoms with E-state index in [1.807, 2.05) is 47.4 Å². The van der Waals surface area contributed by atoms with Gasteiger partial charge in [-0.15, -0.1) is 24.2 Å². The zero-order chi connectivity index (χ0) is 17.8. The number of benzene rings is 2. The lowest BCUT2D eigenvalue weighted by Crippen LogP contribution is -2.42. The van der Waals surface area contributed by atoms with Gasteiger partial charge in [-0.2, -0.15) is 0 Å². The number of hydrogen-bond acceptors (Lipinski definition) is 3. The molecule has 1 amide bonds. The first-order valence-electron chi connectivity index (χ1n) is 8.25. The van der Waals surface area contributed by atoms with Gasteiger partial charge in [-0.25, -0.2) is 0 Å². The summed E-state index contributed by atoms with van der Waals surface area (Å²) in [5, 5.41) is 1.30. The van der Waals surface area contributed by atoms with Crippen molar-refractivity contribution in [1.82, 2.24) is 4.90 Å². The topological polar surface area (TPSA) is 46.3 Å². The van der Waals surface area contributed by atoms with Crippen LogP contribution in [0.5, 0.6) is 0 Å². The predicted molar refractivity (Wildman–Crippen MR) is 113 cm³/mol. The number of carbonyl (C=O) groups excluding carboxylic acids is 1. The highest BCUT2D eigenvalue weighted by Crippen LogP contribution is 2.35. The summed E-state index contributed by atoms with van der Waals surface area (Å²) < 4.78 is 0. The number of rotatable bonds is 4. The SMILES string of the molecule is Cl.NC1CCN(C(=O)c2cccc(CSc3c(Cl)cccc3Cl)c2)CC1. The molecule has 0 spiro atoms. The zero-order valence-electron chi connectivity index (χ0n) is 14.2.